The Bertz CT molecular complexity index is 880. The van der Waals surface area contributed by atoms with Gasteiger partial charge in [-0.05, 0) is 6.07 Å². The second-order valence-corrected chi connectivity index (χ2v) is 6.13. The van der Waals surface area contributed by atoms with Gasteiger partial charge in [0, 0.05) is 19.4 Å². The summed E-state index contributed by atoms with van der Waals surface area (Å²) in [6.07, 6.45) is -2.81. The Morgan fingerprint density at radius 2 is 2.04 bits per heavy atom. The first-order valence-electron chi connectivity index (χ1n) is 8.00. The smallest absolute Gasteiger partial charge is 0.329 e. The number of fused-ring (bicyclic) bond motifs is 1. The number of carbonyl (C=O) groups excluding carboxylic acids is 2. The van der Waals surface area contributed by atoms with Crippen LogP contribution < -0.4 is 0 Å². The molecular formula is C17H18FN3O5. The van der Waals surface area contributed by atoms with Gasteiger partial charge in [-0.3, -0.25) is 14.3 Å². The number of aliphatic carboxylic acids is 1. The summed E-state index contributed by atoms with van der Waals surface area (Å²) in [4.78, 5) is 36.9. The molecular weight excluding hydrogens is 345 g/mol. The number of aromatic nitrogens is 2. The Morgan fingerprint density at radius 3 is 2.65 bits per heavy atom. The number of hydrogen-bond acceptors (Lipinski definition) is 5. The topological polar surface area (TPSA) is 102 Å². The third kappa shape index (κ3) is 2.94. The van der Waals surface area contributed by atoms with Crippen LogP contribution in [0, 0.1) is 0 Å². The van der Waals surface area contributed by atoms with Gasteiger partial charge in [0.15, 0.2) is 11.8 Å². The molecule has 3 rings (SSSR count). The zero-order valence-electron chi connectivity index (χ0n) is 14.3. The molecule has 0 spiro atoms. The molecule has 8 nitrogen and oxygen atoms in total. The zero-order chi connectivity index (χ0) is 19.0. The monoisotopic (exact) mass is 363 g/mol. The van der Waals surface area contributed by atoms with Gasteiger partial charge in [0.1, 0.15) is 24.5 Å². The van der Waals surface area contributed by atoms with Gasteiger partial charge >= 0.3 is 5.97 Å². The van der Waals surface area contributed by atoms with E-state index in [1.165, 1.54) is 18.7 Å². The maximum absolute atomic E-state index is 14.1. The molecule has 1 aliphatic heterocycles. The van der Waals surface area contributed by atoms with Crippen LogP contribution >= 0.6 is 0 Å². The normalized spacial score (nSPS) is 22.7. The zero-order valence-corrected chi connectivity index (χ0v) is 14.3. The summed E-state index contributed by atoms with van der Waals surface area (Å²) in [5.74, 6) is -2.19. The standard InChI is InChI=1S/C17H18FN3O5/c1-9(22)14-10-5-3-4-6-12(10)21(19-14)8-13(23)20-7-11(18)16(26-2)15(20)17(24)25/h3-6,11,15-16H,7-8H2,1-2H3,(H,24,25)/t11-,15-,16+/m0/s1. The predicted octanol–water partition coefficient (Wildman–Crippen LogP) is 0.887. The van der Waals surface area contributed by atoms with E-state index in [-0.39, 0.29) is 24.6 Å². The number of rotatable bonds is 5. The van der Waals surface area contributed by atoms with Gasteiger partial charge in [-0.25, -0.2) is 9.18 Å². The number of halogens is 1. The van der Waals surface area contributed by atoms with Crippen molar-refractivity contribution in [3.8, 4) is 0 Å². The summed E-state index contributed by atoms with van der Waals surface area (Å²) < 4.78 is 20.3. The van der Waals surface area contributed by atoms with Crippen LogP contribution in [0.1, 0.15) is 17.4 Å². The SMILES string of the molecule is CO[C@H]1[C@@H](C(=O)O)N(C(=O)Cn2nc(C(C)=O)c3ccccc32)C[C@@H]1F. The molecule has 26 heavy (non-hydrogen) atoms. The lowest BCUT2D eigenvalue weighted by Gasteiger charge is -2.23. The molecule has 1 aromatic carbocycles. The molecule has 1 aromatic heterocycles. The van der Waals surface area contributed by atoms with Gasteiger partial charge in [-0.1, -0.05) is 18.2 Å². The van der Waals surface area contributed by atoms with Crippen molar-refractivity contribution >= 4 is 28.6 Å². The van der Waals surface area contributed by atoms with Crippen LogP contribution in [0.5, 0.6) is 0 Å². The molecule has 1 N–H and O–H groups in total. The lowest BCUT2D eigenvalue weighted by Crippen LogP contribution is -2.47. The van der Waals surface area contributed by atoms with E-state index in [4.69, 9.17) is 4.74 Å². The summed E-state index contributed by atoms with van der Waals surface area (Å²) >= 11 is 0. The van der Waals surface area contributed by atoms with Crippen LogP contribution in [0.2, 0.25) is 0 Å². The number of carbonyl (C=O) groups is 3. The van der Waals surface area contributed by atoms with Crippen LogP contribution in [0.15, 0.2) is 24.3 Å². The minimum absolute atomic E-state index is 0.225. The summed E-state index contributed by atoms with van der Waals surface area (Å²) in [6.45, 7) is 0.701. The number of ketones is 1. The van der Waals surface area contributed by atoms with Crippen molar-refractivity contribution in [2.45, 2.75) is 31.8 Å². The summed E-state index contributed by atoms with van der Waals surface area (Å²) in [7, 11) is 1.21. The van der Waals surface area contributed by atoms with Crippen LogP contribution in [0.25, 0.3) is 10.9 Å². The number of methoxy groups -OCH3 is 1. The van der Waals surface area contributed by atoms with E-state index in [9.17, 15) is 23.9 Å². The molecule has 2 heterocycles. The van der Waals surface area contributed by atoms with E-state index >= 15 is 0 Å². The lowest BCUT2D eigenvalue weighted by atomic mass is 10.1. The molecule has 0 radical (unpaired) electrons. The quantitative estimate of drug-likeness (QED) is 0.792. The van der Waals surface area contributed by atoms with Gasteiger partial charge in [-0.15, -0.1) is 0 Å². The van der Waals surface area contributed by atoms with Crippen molar-refractivity contribution in [3.63, 3.8) is 0 Å². The van der Waals surface area contributed by atoms with Crippen molar-refractivity contribution in [3.05, 3.63) is 30.0 Å². The second-order valence-electron chi connectivity index (χ2n) is 6.13. The van der Waals surface area contributed by atoms with Crippen LogP contribution in [-0.4, -0.2) is 69.4 Å². The lowest BCUT2D eigenvalue weighted by molar-refractivity contribution is -0.152. The Balaban J connectivity index is 1.92. The van der Waals surface area contributed by atoms with Gasteiger partial charge in [0.05, 0.1) is 12.1 Å². The van der Waals surface area contributed by atoms with Crippen molar-refractivity contribution in [1.82, 2.24) is 14.7 Å². The maximum atomic E-state index is 14.1. The summed E-state index contributed by atoms with van der Waals surface area (Å²) in [5.41, 5.74) is 0.792. The highest BCUT2D eigenvalue weighted by atomic mass is 19.1. The van der Waals surface area contributed by atoms with Crippen molar-refractivity contribution in [2.75, 3.05) is 13.7 Å². The Morgan fingerprint density at radius 1 is 1.35 bits per heavy atom. The predicted molar refractivity (Wildman–Crippen MR) is 88.6 cm³/mol. The number of amides is 1. The number of hydrogen-bond donors (Lipinski definition) is 1. The molecule has 9 heteroatoms. The fraction of sp³-hybridized carbons (Fsp3) is 0.412. The fourth-order valence-corrected chi connectivity index (χ4v) is 3.31. The highest BCUT2D eigenvalue weighted by Gasteiger charge is 2.48. The number of benzene rings is 1. The summed E-state index contributed by atoms with van der Waals surface area (Å²) in [6, 6.07) is 5.51. The average molecular weight is 363 g/mol. The molecule has 1 saturated heterocycles. The molecule has 0 aliphatic carbocycles. The van der Waals surface area contributed by atoms with Crippen molar-refractivity contribution < 1.29 is 28.6 Å². The third-order valence-electron chi connectivity index (χ3n) is 4.50. The highest BCUT2D eigenvalue weighted by Crippen LogP contribution is 2.25. The number of ether oxygens (including phenoxy) is 1. The minimum atomic E-state index is -1.59. The number of alkyl halides is 1. The van der Waals surface area contributed by atoms with Gasteiger partial charge in [-0.2, -0.15) is 5.10 Å². The molecule has 1 amide bonds. The van der Waals surface area contributed by atoms with Crippen LogP contribution in [0.4, 0.5) is 4.39 Å². The first-order valence-corrected chi connectivity index (χ1v) is 8.00. The molecule has 1 fully saturated rings. The Kier molecular flexibility index (Phi) is 4.73. The first kappa shape index (κ1) is 18.0. The molecule has 2 aromatic rings. The number of carboxylic acid groups (broad SMARTS) is 1. The molecule has 0 bridgehead atoms. The van der Waals surface area contributed by atoms with Crippen LogP contribution in [0.3, 0.4) is 0 Å². The molecule has 0 saturated carbocycles. The summed E-state index contributed by atoms with van der Waals surface area (Å²) in [5, 5.41) is 14.1. The van der Waals surface area contributed by atoms with E-state index in [2.05, 4.69) is 5.10 Å². The fourth-order valence-electron chi connectivity index (χ4n) is 3.31. The molecule has 0 unspecified atom stereocenters. The molecule has 3 atom stereocenters. The third-order valence-corrected chi connectivity index (χ3v) is 4.50. The van der Waals surface area contributed by atoms with E-state index < -0.39 is 30.2 Å². The number of Topliss-reactive ketones (excluding diaryl/α,β-unsaturated/α-hetero) is 1. The first-order chi connectivity index (χ1) is 12.3. The highest BCUT2D eigenvalue weighted by molar-refractivity contribution is 6.05. The Labute approximate surface area is 148 Å². The number of nitrogens with zero attached hydrogens (tertiary/aromatic N) is 3. The van der Waals surface area contributed by atoms with E-state index in [0.717, 1.165) is 4.90 Å². The van der Waals surface area contributed by atoms with E-state index in [0.29, 0.717) is 10.9 Å². The molecule has 138 valence electrons. The van der Waals surface area contributed by atoms with E-state index in [1.807, 2.05) is 0 Å². The number of para-hydroxylation sites is 1. The van der Waals surface area contributed by atoms with Crippen molar-refractivity contribution in [2.24, 2.45) is 0 Å². The second kappa shape index (κ2) is 6.83. The van der Waals surface area contributed by atoms with E-state index in [1.54, 1.807) is 24.3 Å². The number of likely N-dealkylation sites (tertiary alicyclic amines) is 1. The minimum Gasteiger partial charge on any atom is -0.480 e. The van der Waals surface area contributed by atoms with Crippen LogP contribution in [-0.2, 0) is 20.9 Å². The average Bonchev–Trinajstić information content (AvgIpc) is 3.13. The Hall–Kier alpha value is -2.81. The molecule has 1 aliphatic rings. The largest absolute Gasteiger partial charge is 0.480 e. The van der Waals surface area contributed by atoms with Crippen molar-refractivity contribution in [1.29, 1.82) is 0 Å². The maximum Gasteiger partial charge on any atom is 0.329 e. The van der Waals surface area contributed by atoms with Gasteiger partial charge in [0.25, 0.3) is 0 Å². The number of carboxylic acids is 1. The van der Waals surface area contributed by atoms with Gasteiger partial charge in [0.2, 0.25) is 5.91 Å². The van der Waals surface area contributed by atoms with Gasteiger partial charge < -0.3 is 14.7 Å².